The van der Waals surface area contributed by atoms with Crippen molar-refractivity contribution in [2.24, 2.45) is 0 Å². The highest BCUT2D eigenvalue weighted by Crippen LogP contribution is 2.18. The summed E-state index contributed by atoms with van der Waals surface area (Å²) < 4.78 is 1.39. The van der Waals surface area contributed by atoms with Crippen LogP contribution in [0.2, 0.25) is 10.2 Å². The Labute approximate surface area is 130 Å². The first-order valence-corrected chi connectivity index (χ1v) is 6.61. The largest absolute Gasteiger partial charge is 0.358 e. The normalized spacial score (nSPS) is 10.2. The molecule has 21 heavy (non-hydrogen) atoms. The van der Waals surface area contributed by atoms with Gasteiger partial charge in [0.2, 0.25) is 5.91 Å². The second-order valence-corrected chi connectivity index (χ2v) is 4.81. The van der Waals surface area contributed by atoms with Crippen molar-refractivity contribution in [2.75, 3.05) is 12.4 Å². The van der Waals surface area contributed by atoms with Crippen LogP contribution in [0.5, 0.6) is 0 Å². The lowest BCUT2D eigenvalue weighted by Gasteiger charge is -2.04. The molecule has 0 atom stereocenters. The van der Waals surface area contributed by atoms with Crippen LogP contribution in [0.3, 0.4) is 0 Å². The highest BCUT2D eigenvalue weighted by molar-refractivity contribution is 6.35. The van der Waals surface area contributed by atoms with Gasteiger partial charge in [0.05, 0.1) is 16.9 Å². The van der Waals surface area contributed by atoms with Gasteiger partial charge in [-0.2, -0.15) is 5.10 Å². The summed E-state index contributed by atoms with van der Waals surface area (Å²) in [6, 6.07) is 2.98. The SMILES string of the molecule is CNC(=O)Cn1cc(NC(=O)c2nc(Cl)ccc2Cl)cn1. The molecule has 0 aliphatic rings. The van der Waals surface area contributed by atoms with E-state index in [2.05, 4.69) is 20.7 Å². The number of nitrogens with one attached hydrogen (secondary N) is 2. The Morgan fingerprint density at radius 1 is 1.33 bits per heavy atom. The highest BCUT2D eigenvalue weighted by atomic mass is 35.5. The van der Waals surface area contributed by atoms with Crippen LogP contribution in [0, 0.1) is 0 Å². The fourth-order valence-corrected chi connectivity index (χ4v) is 1.85. The van der Waals surface area contributed by atoms with Gasteiger partial charge >= 0.3 is 0 Å². The number of aromatic nitrogens is 3. The molecule has 110 valence electrons. The van der Waals surface area contributed by atoms with Crippen LogP contribution >= 0.6 is 23.2 Å². The van der Waals surface area contributed by atoms with E-state index in [9.17, 15) is 9.59 Å². The molecular weight excluding hydrogens is 317 g/mol. The second-order valence-electron chi connectivity index (χ2n) is 4.02. The quantitative estimate of drug-likeness (QED) is 0.834. The van der Waals surface area contributed by atoms with Gasteiger partial charge in [0.1, 0.15) is 17.4 Å². The first-order valence-electron chi connectivity index (χ1n) is 5.86. The van der Waals surface area contributed by atoms with Gasteiger partial charge in [-0.15, -0.1) is 0 Å². The summed E-state index contributed by atoms with van der Waals surface area (Å²) in [7, 11) is 1.53. The van der Waals surface area contributed by atoms with Gasteiger partial charge in [0.15, 0.2) is 0 Å². The molecular formula is C12H11Cl2N5O2. The summed E-state index contributed by atoms with van der Waals surface area (Å²) in [5.74, 6) is -0.711. The molecule has 2 heterocycles. The highest BCUT2D eigenvalue weighted by Gasteiger charge is 2.14. The Balaban J connectivity index is 2.09. The van der Waals surface area contributed by atoms with Crippen LogP contribution in [0.4, 0.5) is 5.69 Å². The van der Waals surface area contributed by atoms with E-state index < -0.39 is 5.91 Å². The minimum atomic E-state index is -0.512. The maximum absolute atomic E-state index is 12.0. The van der Waals surface area contributed by atoms with E-state index in [0.29, 0.717) is 5.69 Å². The van der Waals surface area contributed by atoms with E-state index in [1.807, 2.05) is 0 Å². The molecule has 2 N–H and O–H groups in total. The molecule has 2 aromatic rings. The third kappa shape index (κ3) is 3.93. The van der Waals surface area contributed by atoms with Gasteiger partial charge in [-0.1, -0.05) is 23.2 Å². The Morgan fingerprint density at radius 3 is 2.81 bits per heavy atom. The predicted octanol–water partition coefficient (Wildman–Crippen LogP) is 1.58. The average molecular weight is 328 g/mol. The zero-order valence-corrected chi connectivity index (χ0v) is 12.4. The van der Waals surface area contributed by atoms with Crippen LogP contribution in [-0.2, 0) is 11.3 Å². The van der Waals surface area contributed by atoms with Gasteiger partial charge in [0.25, 0.3) is 5.91 Å². The van der Waals surface area contributed by atoms with Crippen molar-refractivity contribution in [2.45, 2.75) is 6.54 Å². The molecule has 0 radical (unpaired) electrons. The van der Waals surface area contributed by atoms with E-state index >= 15 is 0 Å². The minimum Gasteiger partial charge on any atom is -0.358 e. The Hall–Kier alpha value is -2.12. The fourth-order valence-electron chi connectivity index (χ4n) is 1.51. The molecule has 0 bridgehead atoms. The zero-order chi connectivity index (χ0) is 15.4. The van der Waals surface area contributed by atoms with E-state index in [0.717, 1.165) is 0 Å². The Morgan fingerprint density at radius 2 is 2.10 bits per heavy atom. The van der Waals surface area contributed by atoms with Crippen molar-refractivity contribution in [3.05, 3.63) is 40.4 Å². The monoisotopic (exact) mass is 327 g/mol. The van der Waals surface area contributed by atoms with E-state index in [-0.39, 0.29) is 28.3 Å². The number of pyridine rings is 1. The van der Waals surface area contributed by atoms with Crippen LogP contribution in [0.25, 0.3) is 0 Å². The Bertz CT molecular complexity index is 686. The lowest BCUT2D eigenvalue weighted by Crippen LogP contribution is -2.23. The molecule has 0 aromatic carbocycles. The fraction of sp³-hybridized carbons (Fsp3) is 0.167. The number of hydrogen-bond donors (Lipinski definition) is 2. The molecule has 7 nitrogen and oxygen atoms in total. The van der Waals surface area contributed by atoms with E-state index in [4.69, 9.17) is 23.2 Å². The molecule has 0 spiro atoms. The standard InChI is InChI=1S/C12H11Cl2N5O2/c1-15-10(20)6-19-5-7(4-16-19)17-12(21)11-8(13)2-3-9(14)18-11/h2-5H,6H2,1H3,(H,15,20)(H,17,21). The number of nitrogens with zero attached hydrogens (tertiary/aromatic N) is 3. The van der Waals surface area contributed by atoms with Crippen LogP contribution in [0.1, 0.15) is 10.5 Å². The maximum atomic E-state index is 12.0. The van der Waals surface area contributed by atoms with Gasteiger partial charge < -0.3 is 10.6 Å². The van der Waals surface area contributed by atoms with Gasteiger partial charge in [-0.25, -0.2) is 4.98 Å². The summed E-state index contributed by atoms with van der Waals surface area (Å²) in [4.78, 5) is 27.1. The smallest absolute Gasteiger partial charge is 0.275 e. The van der Waals surface area contributed by atoms with Gasteiger partial charge in [-0.05, 0) is 12.1 Å². The summed E-state index contributed by atoms with van der Waals surface area (Å²) >= 11 is 11.6. The third-order valence-corrected chi connectivity index (χ3v) is 3.02. The molecule has 2 rings (SSSR count). The van der Waals surface area contributed by atoms with Crippen molar-refractivity contribution < 1.29 is 9.59 Å². The van der Waals surface area contributed by atoms with Crippen molar-refractivity contribution >= 4 is 40.7 Å². The maximum Gasteiger partial charge on any atom is 0.275 e. The number of carbonyl (C=O) groups is 2. The Kier molecular flexibility index (Phi) is 4.77. The number of halogens is 2. The van der Waals surface area contributed by atoms with Crippen molar-refractivity contribution in [3.63, 3.8) is 0 Å². The molecule has 0 unspecified atom stereocenters. The van der Waals surface area contributed by atoms with Crippen LogP contribution in [-0.4, -0.2) is 33.6 Å². The summed E-state index contributed by atoms with van der Waals surface area (Å²) in [5, 5.41) is 9.36. The van der Waals surface area contributed by atoms with Gasteiger partial charge in [-0.3, -0.25) is 14.3 Å². The van der Waals surface area contributed by atoms with Crippen LogP contribution < -0.4 is 10.6 Å². The number of hydrogen-bond acceptors (Lipinski definition) is 4. The predicted molar refractivity (Wildman–Crippen MR) is 78.5 cm³/mol. The molecule has 0 saturated carbocycles. The lowest BCUT2D eigenvalue weighted by atomic mass is 10.3. The zero-order valence-electron chi connectivity index (χ0n) is 10.9. The molecule has 2 aromatic heterocycles. The second kappa shape index (κ2) is 6.55. The number of rotatable bonds is 4. The summed E-state index contributed by atoms with van der Waals surface area (Å²) in [6.07, 6.45) is 2.94. The first-order chi connectivity index (χ1) is 9.99. The summed E-state index contributed by atoms with van der Waals surface area (Å²) in [6.45, 7) is 0.0581. The minimum absolute atomic E-state index is 0.0169. The molecule has 0 aliphatic heterocycles. The molecule has 0 fully saturated rings. The summed E-state index contributed by atoms with van der Waals surface area (Å²) in [5.41, 5.74) is 0.435. The molecule has 0 aliphatic carbocycles. The molecule has 2 amide bonds. The van der Waals surface area contributed by atoms with Crippen molar-refractivity contribution in [1.82, 2.24) is 20.1 Å². The van der Waals surface area contributed by atoms with Gasteiger partial charge in [0, 0.05) is 13.2 Å². The van der Waals surface area contributed by atoms with E-state index in [1.165, 1.54) is 36.3 Å². The lowest BCUT2D eigenvalue weighted by molar-refractivity contribution is -0.121. The molecule has 0 saturated heterocycles. The number of carbonyl (C=O) groups excluding carboxylic acids is 2. The number of likely N-dealkylation sites (N-methyl/N-ethyl adjacent to an activating group) is 1. The number of amides is 2. The molecule has 9 heteroatoms. The van der Waals surface area contributed by atoms with E-state index in [1.54, 1.807) is 0 Å². The third-order valence-electron chi connectivity index (χ3n) is 2.50. The van der Waals surface area contributed by atoms with Crippen molar-refractivity contribution in [3.8, 4) is 0 Å². The van der Waals surface area contributed by atoms with Crippen LogP contribution in [0.15, 0.2) is 24.5 Å². The first kappa shape index (κ1) is 15.3. The topological polar surface area (TPSA) is 88.9 Å². The average Bonchev–Trinajstić information content (AvgIpc) is 2.88. The van der Waals surface area contributed by atoms with Crippen molar-refractivity contribution in [1.29, 1.82) is 0 Å². The number of anilines is 1.